The predicted molar refractivity (Wildman–Crippen MR) is 87.1 cm³/mol. The number of methoxy groups -OCH3 is 1. The summed E-state index contributed by atoms with van der Waals surface area (Å²) in [7, 11) is 1.70. The Balaban J connectivity index is 2.30. The fourth-order valence-corrected chi connectivity index (χ4v) is 3.84. The van der Waals surface area contributed by atoms with Gasteiger partial charge in [0.15, 0.2) is 0 Å². The second kappa shape index (κ2) is 7.43. The Bertz CT molecular complexity index is 436. The zero-order valence-electron chi connectivity index (χ0n) is 12.4. The Labute approximate surface area is 130 Å². The highest BCUT2D eigenvalue weighted by Crippen LogP contribution is 2.38. The van der Waals surface area contributed by atoms with Gasteiger partial charge < -0.3 is 10.5 Å². The molecule has 0 saturated carbocycles. The zero-order chi connectivity index (χ0) is 14.5. The van der Waals surface area contributed by atoms with Crippen molar-refractivity contribution in [3.05, 3.63) is 28.2 Å². The molecule has 20 heavy (non-hydrogen) atoms. The summed E-state index contributed by atoms with van der Waals surface area (Å²) in [5, 5.41) is 0. The minimum absolute atomic E-state index is 0.441. The molecule has 1 aromatic carbocycles. The quantitative estimate of drug-likeness (QED) is 0.890. The van der Waals surface area contributed by atoms with E-state index in [4.69, 9.17) is 10.5 Å². The Morgan fingerprint density at radius 3 is 2.85 bits per heavy atom. The van der Waals surface area contributed by atoms with Gasteiger partial charge in [-0.1, -0.05) is 13.0 Å². The first-order valence-corrected chi connectivity index (χ1v) is 8.28. The molecule has 2 N–H and O–H groups in total. The SMILES string of the molecule is CCCN1CCCC(CN)C1c1ccc(OC)c(Br)c1. The minimum Gasteiger partial charge on any atom is -0.496 e. The van der Waals surface area contributed by atoms with Gasteiger partial charge in [-0.2, -0.15) is 0 Å². The van der Waals surface area contributed by atoms with Gasteiger partial charge in [0.05, 0.1) is 11.6 Å². The Morgan fingerprint density at radius 2 is 2.25 bits per heavy atom. The fourth-order valence-electron chi connectivity index (χ4n) is 3.29. The van der Waals surface area contributed by atoms with Crippen LogP contribution >= 0.6 is 15.9 Å². The highest BCUT2D eigenvalue weighted by atomic mass is 79.9. The van der Waals surface area contributed by atoms with Crippen molar-refractivity contribution in [3.63, 3.8) is 0 Å². The molecule has 1 aliphatic rings. The molecule has 2 rings (SSSR count). The van der Waals surface area contributed by atoms with Gasteiger partial charge in [-0.15, -0.1) is 0 Å². The summed E-state index contributed by atoms with van der Waals surface area (Å²) in [4.78, 5) is 2.59. The molecule has 1 aliphatic heterocycles. The number of nitrogens with two attached hydrogens (primary N) is 1. The standard InChI is InChI=1S/C16H25BrN2O/c1-3-8-19-9-4-5-13(11-18)16(19)12-6-7-15(20-2)14(17)10-12/h6-7,10,13,16H,3-5,8-9,11,18H2,1-2H3. The van der Waals surface area contributed by atoms with E-state index >= 15 is 0 Å². The van der Waals surface area contributed by atoms with E-state index in [2.05, 4.69) is 39.9 Å². The van der Waals surface area contributed by atoms with Crippen LogP contribution in [0.1, 0.15) is 37.8 Å². The van der Waals surface area contributed by atoms with E-state index < -0.39 is 0 Å². The summed E-state index contributed by atoms with van der Waals surface area (Å²) >= 11 is 3.60. The number of ether oxygens (including phenoxy) is 1. The number of halogens is 1. The van der Waals surface area contributed by atoms with Gasteiger partial charge in [0.2, 0.25) is 0 Å². The molecule has 0 aliphatic carbocycles. The molecule has 2 unspecified atom stereocenters. The van der Waals surface area contributed by atoms with Crippen molar-refractivity contribution < 1.29 is 4.74 Å². The molecule has 112 valence electrons. The van der Waals surface area contributed by atoms with Gasteiger partial charge in [0.25, 0.3) is 0 Å². The lowest BCUT2D eigenvalue weighted by atomic mass is 9.84. The zero-order valence-corrected chi connectivity index (χ0v) is 14.0. The second-order valence-electron chi connectivity index (χ2n) is 5.51. The monoisotopic (exact) mass is 340 g/mol. The smallest absolute Gasteiger partial charge is 0.133 e. The average Bonchev–Trinajstić information content (AvgIpc) is 2.47. The van der Waals surface area contributed by atoms with Gasteiger partial charge >= 0.3 is 0 Å². The summed E-state index contributed by atoms with van der Waals surface area (Å²) < 4.78 is 6.35. The van der Waals surface area contributed by atoms with Crippen LogP contribution in [-0.2, 0) is 0 Å². The summed E-state index contributed by atoms with van der Waals surface area (Å²) in [6.07, 6.45) is 3.67. The van der Waals surface area contributed by atoms with E-state index in [9.17, 15) is 0 Å². The first kappa shape index (κ1) is 15.8. The summed E-state index contributed by atoms with van der Waals surface area (Å²) in [5.74, 6) is 1.44. The average molecular weight is 341 g/mol. The van der Waals surface area contributed by atoms with Crippen LogP contribution in [0.4, 0.5) is 0 Å². The lowest BCUT2D eigenvalue weighted by Gasteiger charge is -2.41. The topological polar surface area (TPSA) is 38.5 Å². The number of hydrogen-bond acceptors (Lipinski definition) is 3. The molecule has 1 saturated heterocycles. The molecule has 4 heteroatoms. The van der Waals surface area contributed by atoms with Crippen LogP contribution in [0.25, 0.3) is 0 Å². The maximum atomic E-state index is 6.02. The van der Waals surface area contributed by atoms with E-state index in [0.717, 1.165) is 23.3 Å². The second-order valence-corrected chi connectivity index (χ2v) is 6.37. The minimum atomic E-state index is 0.441. The van der Waals surface area contributed by atoms with Gasteiger partial charge in [0.1, 0.15) is 5.75 Å². The van der Waals surface area contributed by atoms with Crippen molar-refractivity contribution in [1.82, 2.24) is 4.90 Å². The summed E-state index contributed by atoms with van der Waals surface area (Å²) in [6, 6.07) is 6.87. The number of benzene rings is 1. The van der Waals surface area contributed by atoms with Gasteiger partial charge in [-0.25, -0.2) is 0 Å². The number of hydrogen-bond donors (Lipinski definition) is 1. The third-order valence-corrected chi connectivity index (χ3v) is 4.81. The number of likely N-dealkylation sites (tertiary alicyclic amines) is 1. The summed E-state index contributed by atoms with van der Waals surface area (Å²) in [6.45, 7) is 5.32. The van der Waals surface area contributed by atoms with Crippen LogP contribution in [0.15, 0.2) is 22.7 Å². The lowest BCUT2D eigenvalue weighted by molar-refractivity contribution is 0.0960. The van der Waals surface area contributed by atoms with Crippen LogP contribution in [0, 0.1) is 5.92 Å². The van der Waals surface area contributed by atoms with Crippen LogP contribution in [0.3, 0.4) is 0 Å². The van der Waals surface area contributed by atoms with Gasteiger partial charge in [0, 0.05) is 6.04 Å². The number of piperidine rings is 1. The van der Waals surface area contributed by atoms with Crippen molar-refractivity contribution in [3.8, 4) is 5.75 Å². The van der Waals surface area contributed by atoms with Crippen LogP contribution < -0.4 is 10.5 Å². The maximum Gasteiger partial charge on any atom is 0.133 e. The number of nitrogens with zero attached hydrogens (tertiary/aromatic N) is 1. The highest BCUT2D eigenvalue weighted by Gasteiger charge is 2.31. The molecular formula is C16H25BrN2O. The van der Waals surface area contributed by atoms with Crippen LogP contribution in [0.2, 0.25) is 0 Å². The van der Waals surface area contributed by atoms with Gasteiger partial charge in [-0.05, 0) is 78.4 Å². The summed E-state index contributed by atoms with van der Waals surface area (Å²) in [5.41, 5.74) is 7.37. The molecule has 0 spiro atoms. The third-order valence-electron chi connectivity index (χ3n) is 4.19. The fraction of sp³-hybridized carbons (Fsp3) is 0.625. The van der Waals surface area contributed by atoms with Crippen molar-refractivity contribution in [2.75, 3.05) is 26.7 Å². The van der Waals surface area contributed by atoms with Crippen LogP contribution in [-0.4, -0.2) is 31.6 Å². The van der Waals surface area contributed by atoms with Crippen LogP contribution in [0.5, 0.6) is 5.75 Å². The third kappa shape index (κ3) is 3.35. The molecule has 2 atom stereocenters. The molecule has 1 fully saturated rings. The molecular weight excluding hydrogens is 316 g/mol. The Hall–Kier alpha value is -0.580. The Kier molecular flexibility index (Phi) is 5.87. The Morgan fingerprint density at radius 1 is 1.45 bits per heavy atom. The van der Waals surface area contributed by atoms with Crippen molar-refractivity contribution in [2.45, 2.75) is 32.2 Å². The molecule has 1 heterocycles. The largest absolute Gasteiger partial charge is 0.496 e. The van der Waals surface area contributed by atoms with E-state index in [1.165, 1.54) is 31.4 Å². The normalized spacial score (nSPS) is 23.8. The van der Waals surface area contributed by atoms with E-state index in [0.29, 0.717) is 12.0 Å². The molecule has 0 aromatic heterocycles. The first-order chi connectivity index (χ1) is 9.71. The molecule has 0 bridgehead atoms. The molecule has 3 nitrogen and oxygen atoms in total. The van der Waals surface area contributed by atoms with Crippen molar-refractivity contribution in [1.29, 1.82) is 0 Å². The van der Waals surface area contributed by atoms with E-state index in [1.54, 1.807) is 7.11 Å². The van der Waals surface area contributed by atoms with Crippen molar-refractivity contribution in [2.24, 2.45) is 11.7 Å². The molecule has 0 amide bonds. The van der Waals surface area contributed by atoms with Crippen molar-refractivity contribution >= 4 is 15.9 Å². The van der Waals surface area contributed by atoms with E-state index in [-0.39, 0.29) is 0 Å². The highest BCUT2D eigenvalue weighted by molar-refractivity contribution is 9.10. The lowest BCUT2D eigenvalue weighted by Crippen LogP contribution is -2.41. The maximum absolute atomic E-state index is 6.02. The molecule has 1 aromatic rings. The first-order valence-electron chi connectivity index (χ1n) is 7.48. The van der Waals surface area contributed by atoms with Gasteiger partial charge in [-0.3, -0.25) is 4.90 Å². The predicted octanol–water partition coefficient (Wildman–Crippen LogP) is 3.58. The molecule has 0 radical (unpaired) electrons. The van der Waals surface area contributed by atoms with E-state index in [1.807, 2.05) is 6.07 Å². The number of rotatable bonds is 5.